The molecule has 0 fully saturated rings. The molecule has 29 heavy (non-hydrogen) atoms. The normalized spacial score (nSPS) is 12.2. The van der Waals surface area contributed by atoms with E-state index in [2.05, 4.69) is 5.32 Å². The summed E-state index contributed by atoms with van der Waals surface area (Å²) in [6, 6.07) is 21.6. The third kappa shape index (κ3) is 4.47. The quantitative estimate of drug-likeness (QED) is 0.352. The second-order valence-electron chi connectivity index (χ2n) is 6.71. The number of hydrogen-bond acceptors (Lipinski definition) is 4. The van der Waals surface area contributed by atoms with Crippen LogP contribution < -0.4 is 9.88 Å². The van der Waals surface area contributed by atoms with Gasteiger partial charge in [-0.15, -0.1) is 0 Å². The largest absolute Gasteiger partial charge is 0.398 e. The topological polar surface area (TPSA) is 83.4 Å². The Morgan fingerprint density at radius 1 is 1.00 bits per heavy atom. The number of aryl methyl sites for hydroxylation is 1. The number of nitrogens with zero attached hydrogens (tertiary/aromatic N) is 1. The minimum absolute atomic E-state index is 0.272. The van der Waals surface area contributed by atoms with Crippen LogP contribution in [0.25, 0.3) is 27.9 Å². The van der Waals surface area contributed by atoms with Gasteiger partial charge in [0.25, 0.3) is 15.6 Å². The molecule has 0 aliphatic heterocycles. The molecule has 0 radical (unpaired) electrons. The van der Waals surface area contributed by atoms with E-state index in [1.54, 1.807) is 6.20 Å². The van der Waals surface area contributed by atoms with Gasteiger partial charge in [0.1, 0.15) is 0 Å². The zero-order chi connectivity index (χ0) is 20.3. The smallest absolute Gasteiger partial charge is 0.375 e. The van der Waals surface area contributed by atoms with Gasteiger partial charge in [0.15, 0.2) is 6.54 Å². The van der Waals surface area contributed by atoms with Crippen molar-refractivity contribution in [1.29, 1.82) is 0 Å². The van der Waals surface area contributed by atoms with E-state index in [1.807, 2.05) is 77.4 Å². The SMILES string of the molecule is O=S(=O)(O)CCC[n+]1c(C=CNc2ccccc2)oc2ccc3ccccc3c21. The first-order valence-electron chi connectivity index (χ1n) is 9.29. The second-order valence-corrected chi connectivity index (χ2v) is 8.28. The Hall–Kier alpha value is -3.16. The van der Waals surface area contributed by atoms with Crippen molar-refractivity contribution >= 4 is 43.8 Å². The van der Waals surface area contributed by atoms with Gasteiger partial charge in [-0.05, 0) is 29.7 Å². The molecule has 2 N–H and O–H groups in total. The molecular weight excluding hydrogens is 388 g/mol. The molecule has 0 bridgehead atoms. The van der Waals surface area contributed by atoms with E-state index in [0.717, 1.165) is 27.6 Å². The third-order valence-electron chi connectivity index (χ3n) is 4.65. The number of aromatic nitrogens is 1. The Kier molecular flexibility index (Phi) is 5.33. The number of fused-ring (bicyclic) bond motifs is 3. The molecule has 148 valence electrons. The first kappa shape index (κ1) is 19.2. The summed E-state index contributed by atoms with van der Waals surface area (Å²) in [5, 5.41) is 5.29. The van der Waals surface area contributed by atoms with Crippen LogP contribution in [0.15, 0.2) is 77.3 Å². The van der Waals surface area contributed by atoms with Crippen molar-refractivity contribution in [2.75, 3.05) is 11.1 Å². The highest BCUT2D eigenvalue weighted by Crippen LogP contribution is 2.25. The lowest BCUT2D eigenvalue weighted by Crippen LogP contribution is -2.36. The van der Waals surface area contributed by atoms with Crippen LogP contribution in [0.3, 0.4) is 0 Å². The van der Waals surface area contributed by atoms with Crippen LogP contribution in [0.4, 0.5) is 5.69 Å². The second kappa shape index (κ2) is 8.06. The molecule has 1 aromatic heterocycles. The van der Waals surface area contributed by atoms with Crippen LogP contribution >= 0.6 is 0 Å². The summed E-state index contributed by atoms with van der Waals surface area (Å²) in [6.07, 6.45) is 3.87. The zero-order valence-corrected chi connectivity index (χ0v) is 16.5. The lowest BCUT2D eigenvalue weighted by Gasteiger charge is -1.99. The number of rotatable bonds is 7. The highest BCUT2D eigenvalue weighted by atomic mass is 32.2. The van der Waals surface area contributed by atoms with Gasteiger partial charge in [-0.1, -0.05) is 42.5 Å². The monoisotopic (exact) mass is 409 g/mol. The molecule has 0 aliphatic carbocycles. The summed E-state index contributed by atoms with van der Waals surface area (Å²) in [5.41, 5.74) is 2.57. The molecular formula is C22H21N2O4S+. The zero-order valence-electron chi connectivity index (χ0n) is 15.7. The standard InChI is InChI=1S/C22H20N2O4S/c25-29(26,27)16-6-15-24-21(13-14-23-18-8-2-1-3-9-18)28-20-12-11-17-7-4-5-10-19(17)22(20)24/h1-5,7-14H,6,15-16H2,(H,25,26,27)/p+1. The fourth-order valence-corrected chi connectivity index (χ4v) is 3.86. The molecule has 1 heterocycles. The Morgan fingerprint density at radius 2 is 1.76 bits per heavy atom. The van der Waals surface area contributed by atoms with Crippen LogP contribution in [0, 0.1) is 0 Å². The number of nitrogens with one attached hydrogen (secondary N) is 1. The Balaban J connectivity index is 1.73. The van der Waals surface area contributed by atoms with Crippen molar-refractivity contribution in [3.05, 3.63) is 78.8 Å². The van der Waals surface area contributed by atoms with E-state index in [0.29, 0.717) is 12.4 Å². The number of oxazole rings is 1. The van der Waals surface area contributed by atoms with Gasteiger partial charge in [0.2, 0.25) is 5.58 Å². The van der Waals surface area contributed by atoms with Crippen LogP contribution in [0.2, 0.25) is 0 Å². The van der Waals surface area contributed by atoms with Gasteiger partial charge in [0, 0.05) is 18.3 Å². The van der Waals surface area contributed by atoms with E-state index < -0.39 is 10.1 Å². The van der Waals surface area contributed by atoms with Gasteiger partial charge >= 0.3 is 5.89 Å². The molecule has 0 saturated heterocycles. The number of benzene rings is 3. The average Bonchev–Trinajstić information content (AvgIpc) is 3.06. The maximum atomic E-state index is 11.1. The molecule has 3 aromatic carbocycles. The predicted molar refractivity (Wildman–Crippen MR) is 114 cm³/mol. The van der Waals surface area contributed by atoms with Crippen molar-refractivity contribution in [1.82, 2.24) is 0 Å². The van der Waals surface area contributed by atoms with E-state index in [9.17, 15) is 8.42 Å². The van der Waals surface area contributed by atoms with Gasteiger partial charge in [-0.2, -0.15) is 13.0 Å². The summed E-state index contributed by atoms with van der Waals surface area (Å²) >= 11 is 0. The fraction of sp³-hybridized carbons (Fsp3) is 0.136. The van der Waals surface area contributed by atoms with Crippen molar-refractivity contribution in [2.24, 2.45) is 0 Å². The molecule has 7 heteroatoms. The maximum absolute atomic E-state index is 11.1. The Labute approximate surface area is 168 Å². The van der Waals surface area contributed by atoms with Crippen LogP contribution in [0.1, 0.15) is 12.3 Å². The number of para-hydroxylation sites is 1. The van der Waals surface area contributed by atoms with Gasteiger partial charge in [-0.25, -0.2) is 0 Å². The molecule has 6 nitrogen and oxygen atoms in total. The lowest BCUT2D eigenvalue weighted by molar-refractivity contribution is -0.677. The molecule has 0 aliphatic rings. The molecule has 4 aromatic rings. The summed E-state index contributed by atoms with van der Waals surface area (Å²) < 4.78 is 39.4. The first-order valence-corrected chi connectivity index (χ1v) is 10.9. The predicted octanol–water partition coefficient (Wildman–Crippen LogP) is 4.23. The van der Waals surface area contributed by atoms with Gasteiger partial charge in [0.05, 0.1) is 17.2 Å². The first-order chi connectivity index (χ1) is 14.0. The van der Waals surface area contributed by atoms with Crippen molar-refractivity contribution in [3.63, 3.8) is 0 Å². The maximum Gasteiger partial charge on any atom is 0.375 e. The molecule has 0 unspecified atom stereocenters. The third-order valence-corrected chi connectivity index (χ3v) is 5.45. The summed E-state index contributed by atoms with van der Waals surface area (Å²) in [6.45, 7) is 0.395. The van der Waals surface area contributed by atoms with Gasteiger partial charge in [-0.3, -0.25) is 4.55 Å². The van der Waals surface area contributed by atoms with Gasteiger partial charge < -0.3 is 9.73 Å². The van der Waals surface area contributed by atoms with Crippen LogP contribution in [0.5, 0.6) is 0 Å². The van der Waals surface area contributed by atoms with E-state index in [-0.39, 0.29) is 12.2 Å². The summed E-state index contributed by atoms with van der Waals surface area (Å²) in [4.78, 5) is 0. The van der Waals surface area contributed by atoms with Crippen molar-refractivity contribution in [2.45, 2.75) is 13.0 Å². The molecule has 4 rings (SSSR count). The molecule has 0 spiro atoms. The number of anilines is 1. The van der Waals surface area contributed by atoms with E-state index >= 15 is 0 Å². The Morgan fingerprint density at radius 3 is 2.55 bits per heavy atom. The van der Waals surface area contributed by atoms with Crippen LogP contribution in [-0.2, 0) is 16.7 Å². The van der Waals surface area contributed by atoms with Crippen LogP contribution in [-0.4, -0.2) is 18.7 Å². The highest BCUT2D eigenvalue weighted by molar-refractivity contribution is 7.85. The van der Waals surface area contributed by atoms with Crippen molar-refractivity contribution < 1.29 is 22.0 Å². The lowest BCUT2D eigenvalue weighted by atomic mass is 10.1. The minimum atomic E-state index is -4.01. The average molecular weight is 409 g/mol. The summed E-state index contributed by atoms with van der Waals surface area (Å²) in [7, 11) is -4.01. The highest BCUT2D eigenvalue weighted by Gasteiger charge is 2.23. The molecule has 0 atom stereocenters. The van der Waals surface area contributed by atoms with E-state index in [1.165, 1.54) is 0 Å². The molecule has 0 amide bonds. The Bertz CT molecular complexity index is 1280. The molecule has 0 saturated carbocycles. The summed E-state index contributed by atoms with van der Waals surface area (Å²) in [5.74, 6) is 0.290. The minimum Gasteiger partial charge on any atom is -0.398 e. The fourth-order valence-electron chi connectivity index (χ4n) is 3.37. The number of hydrogen-bond donors (Lipinski definition) is 2. The van der Waals surface area contributed by atoms with E-state index in [4.69, 9.17) is 8.97 Å². The van der Waals surface area contributed by atoms with Crippen molar-refractivity contribution in [3.8, 4) is 0 Å².